The Balaban J connectivity index is 3.20. The Morgan fingerprint density at radius 3 is 2.69 bits per heavy atom. The van der Waals surface area contributed by atoms with E-state index in [1.807, 2.05) is 0 Å². The number of halogens is 3. The Labute approximate surface area is 72.6 Å². The highest BCUT2D eigenvalue weighted by atomic mass is 19.3. The van der Waals surface area contributed by atoms with Crippen molar-refractivity contribution in [1.29, 1.82) is 5.26 Å². The van der Waals surface area contributed by atoms with Gasteiger partial charge in [-0.05, 0) is 6.07 Å². The summed E-state index contributed by atoms with van der Waals surface area (Å²) >= 11 is 0. The minimum atomic E-state index is -2.80. The number of pyridine rings is 1. The van der Waals surface area contributed by atoms with Crippen LogP contribution in [0.15, 0.2) is 12.3 Å². The first-order valence-corrected chi connectivity index (χ1v) is 3.42. The third-order valence-corrected chi connectivity index (χ3v) is 1.47. The van der Waals surface area contributed by atoms with Crippen LogP contribution in [0.2, 0.25) is 0 Å². The van der Waals surface area contributed by atoms with Crippen molar-refractivity contribution >= 4 is 0 Å². The highest BCUT2D eigenvalue weighted by Crippen LogP contribution is 2.22. The fraction of sp³-hybridized carbons (Fsp3) is 0.250. The van der Waals surface area contributed by atoms with E-state index in [9.17, 15) is 13.2 Å². The first-order chi connectivity index (χ1) is 6.19. The summed E-state index contributed by atoms with van der Waals surface area (Å²) in [5, 5.41) is 8.39. The molecule has 0 N–H and O–H groups in total. The predicted molar refractivity (Wildman–Crippen MR) is 38.7 cm³/mol. The van der Waals surface area contributed by atoms with Crippen molar-refractivity contribution in [3.8, 4) is 6.07 Å². The van der Waals surface area contributed by atoms with Crippen molar-refractivity contribution < 1.29 is 13.2 Å². The van der Waals surface area contributed by atoms with Gasteiger partial charge in [0.05, 0.1) is 5.56 Å². The topological polar surface area (TPSA) is 36.7 Å². The lowest BCUT2D eigenvalue weighted by molar-refractivity contribution is 0.150. The maximum atomic E-state index is 12.2. The van der Waals surface area contributed by atoms with Gasteiger partial charge in [0.2, 0.25) is 0 Å². The van der Waals surface area contributed by atoms with Gasteiger partial charge in [0.25, 0.3) is 6.43 Å². The van der Waals surface area contributed by atoms with Gasteiger partial charge in [-0.2, -0.15) is 5.26 Å². The quantitative estimate of drug-likeness (QED) is 0.710. The lowest BCUT2D eigenvalue weighted by Crippen LogP contribution is -1.96. The van der Waals surface area contributed by atoms with Crippen LogP contribution in [0, 0.1) is 11.3 Å². The number of rotatable bonds is 2. The monoisotopic (exact) mass is 186 g/mol. The van der Waals surface area contributed by atoms with E-state index >= 15 is 0 Å². The third-order valence-electron chi connectivity index (χ3n) is 1.47. The summed E-state index contributed by atoms with van der Waals surface area (Å²) in [7, 11) is 0. The normalized spacial score (nSPS) is 10.1. The standard InChI is InChI=1S/C8H5F3N2/c9-2-5-1-6(8(10)11)7(3-12)13-4-5/h1,4,8H,2H2. The molecule has 0 aliphatic carbocycles. The summed E-state index contributed by atoms with van der Waals surface area (Å²) in [6, 6.07) is 2.47. The summed E-state index contributed by atoms with van der Waals surface area (Å²) in [6.07, 6.45) is -1.72. The Morgan fingerprint density at radius 2 is 2.23 bits per heavy atom. The van der Waals surface area contributed by atoms with Gasteiger partial charge in [0, 0.05) is 11.8 Å². The fourth-order valence-electron chi connectivity index (χ4n) is 0.860. The predicted octanol–water partition coefficient (Wildman–Crippen LogP) is 2.36. The van der Waals surface area contributed by atoms with Crippen LogP contribution < -0.4 is 0 Å². The molecule has 0 atom stereocenters. The van der Waals surface area contributed by atoms with E-state index < -0.39 is 18.7 Å². The molecule has 0 amide bonds. The number of nitrogens with zero attached hydrogens (tertiary/aromatic N) is 2. The first kappa shape index (κ1) is 9.52. The van der Waals surface area contributed by atoms with E-state index in [4.69, 9.17) is 5.26 Å². The number of alkyl halides is 3. The molecule has 0 saturated carbocycles. The van der Waals surface area contributed by atoms with Gasteiger partial charge in [0.1, 0.15) is 18.4 Å². The van der Waals surface area contributed by atoms with E-state index in [-0.39, 0.29) is 11.3 Å². The van der Waals surface area contributed by atoms with Gasteiger partial charge < -0.3 is 0 Å². The zero-order valence-corrected chi connectivity index (χ0v) is 6.47. The zero-order chi connectivity index (χ0) is 9.84. The van der Waals surface area contributed by atoms with Crippen molar-refractivity contribution in [2.45, 2.75) is 13.1 Å². The highest BCUT2D eigenvalue weighted by molar-refractivity contribution is 5.34. The molecule has 0 fully saturated rings. The molecule has 5 heteroatoms. The number of nitriles is 1. The molecule has 0 unspecified atom stereocenters. The first-order valence-electron chi connectivity index (χ1n) is 3.42. The lowest BCUT2D eigenvalue weighted by atomic mass is 10.1. The van der Waals surface area contributed by atoms with E-state index in [1.54, 1.807) is 0 Å². The second-order valence-corrected chi connectivity index (χ2v) is 2.33. The molecule has 13 heavy (non-hydrogen) atoms. The molecule has 0 spiro atoms. The van der Waals surface area contributed by atoms with Crippen LogP contribution in [0.3, 0.4) is 0 Å². The maximum Gasteiger partial charge on any atom is 0.266 e. The van der Waals surface area contributed by atoms with Gasteiger partial charge >= 0.3 is 0 Å². The van der Waals surface area contributed by atoms with Gasteiger partial charge in [-0.15, -0.1) is 0 Å². The molecule has 0 aromatic carbocycles. The Kier molecular flexibility index (Phi) is 2.85. The van der Waals surface area contributed by atoms with Gasteiger partial charge in [-0.3, -0.25) is 0 Å². The van der Waals surface area contributed by atoms with Crippen LogP contribution in [-0.4, -0.2) is 4.98 Å². The van der Waals surface area contributed by atoms with Crippen LogP contribution in [0.4, 0.5) is 13.2 Å². The van der Waals surface area contributed by atoms with E-state index in [2.05, 4.69) is 4.98 Å². The molecule has 1 rings (SSSR count). The van der Waals surface area contributed by atoms with Crippen LogP contribution in [-0.2, 0) is 6.67 Å². The number of hydrogen-bond acceptors (Lipinski definition) is 2. The van der Waals surface area contributed by atoms with E-state index in [1.165, 1.54) is 6.07 Å². The second kappa shape index (κ2) is 3.90. The molecule has 0 bridgehead atoms. The molecule has 68 valence electrons. The molecule has 0 aliphatic rings. The van der Waals surface area contributed by atoms with Crippen molar-refractivity contribution in [1.82, 2.24) is 4.98 Å². The SMILES string of the molecule is N#Cc1ncc(CF)cc1C(F)F. The smallest absolute Gasteiger partial charge is 0.246 e. The minimum absolute atomic E-state index is 0.0503. The lowest BCUT2D eigenvalue weighted by Gasteiger charge is -2.02. The zero-order valence-electron chi connectivity index (χ0n) is 6.47. The summed E-state index contributed by atoms with van der Waals surface area (Å²) in [5.74, 6) is 0. The second-order valence-electron chi connectivity index (χ2n) is 2.33. The summed E-state index contributed by atoms with van der Waals surface area (Å²) < 4.78 is 36.5. The number of hydrogen-bond donors (Lipinski definition) is 0. The summed E-state index contributed by atoms with van der Waals surface area (Å²) in [6.45, 7) is -0.863. The summed E-state index contributed by atoms with van der Waals surface area (Å²) in [4.78, 5) is 3.41. The van der Waals surface area contributed by atoms with Gasteiger partial charge in [-0.1, -0.05) is 0 Å². The minimum Gasteiger partial charge on any atom is -0.246 e. The molecule has 0 radical (unpaired) electrons. The molecule has 2 nitrogen and oxygen atoms in total. The van der Waals surface area contributed by atoms with Crippen molar-refractivity contribution in [3.63, 3.8) is 0 Å². The Bertz CT molecular complexity index is 344. The Hall–Kier alpha value is -1.57. The highest BCUT2D eigenvalue weighted by Gasteiger charge is 2.14. The largest absolute Gasteiger partial charge is 0.266 e. The molecule has 1 aromatic rings. The van der Waals surface area contributed by atoms with Crippen LogP contribution >= 0.6 is 0 Å². The van der Waals surface area contributed by atoms with E-state index in [0.29, 0.717) is 0 Å². The van der Waals surface area contributed by atoms with Gasteiger partial charge in [-0.25, -0.2) is 18.2 Å². The molecular weight excluding hydrogens is 181 g/mol. The van der Waals surface area contributed by atoms with Crippen LogP contribution in [0.25, 0.3) is 0 Å². The molecule has 0 aliphatic heterocycles. The third kappa shape index (κ3) is 1.96. The van der Waals surface area contributed by atoms with Crippen molar-refractivity contribution in [2.75, 3.05) is 0 Å². The molecule has 1 aromatic heterocycles. The summed E-state index contributed by atoms with van der Waals surface area (Å²) in [5.41, 5.74) is -0.820. The molecule has 1 heterocycles. The average Bonchev–Trinajstić information content (AvgIpc) is 2.16. The van der Waals surface area contributed by atoms with Crippen molar-refractivity contribution in [2.24, 2.45) is 0 Å². The molecular formula is C8H5F3N2. The van der Waals surface area contributed by atoms with E-state index in [0.717, 1.165) is 12.3 Å². The Morgan fingerprint density at radius 1 is 1.54 bits per heavy atom. The van der Waals surface area contributed by atoms with Crippen LogP contribution in [0.5, 0.6) is 0 Å². The number of aromatic nitrogens is 1. The molecule has 0 saturated heterocycles. The van der Waals surface area contributed by atoms with Crippen molar-refractivity contribution in [3.05, 3.63) is 29.1 Å². The maximum absolute atomic E-state index is 12.2. The fourth-order valence-corrected chi connectivity index (χ4v) is 0.860. The van der Waals surface area contributed by atoms with Gasteiger partial charge in [0.15, 0.2) is 0 Å². The van der Waals surface area contributed by atoms with Crippen LogP contribution in [0.1, 0.15) is 23.2 Å². The average molecular weight is 186 g/mol.